The predicted molar refractivity (Wildman–Crippen MR) is 60.6 cm³/mol. The van der Waals surface area contributed by atoms with Gasteiger partial charge in [0.1, 0.15) is 12.9 Å². The van der Waals surface area contributed by atoms with E-state index in [0.29, 0.717) is 0 Å². The van der Waals surface area contributed by atoms with Crippen molar-refractivity contribution in [1.29, 1.82) is 0 Å². The van der Waals surface area contributed by atoms with Gasteiger partial charge >= 0.3 is 0 Å². The normalized spacial score (nSPS) is 17.7. The Labute approximate surface area is 96.2 Å². The van der Waals surface area contributed by atoms with Gasteiger partial charge in [-0.15, -0.1) is 0 Å². The fourth-order valence-electron chi connectivity index (χ4n) is 1.92. The van der Waals surface area contributed by atoms with Crippen LogP contribution in [0.1, 0.15) is 24.0 Å². The average Bonchev–Trinajstić information content (AvgIpc) is 2.17. The highest BCUT2D eigenvalue weighted by molar-refractivity contribution is 9.10. The van der Waals surface area contributed by atoms with Gasteiger partial charge in [-0.3, -0.25) is 0 Å². The van der Waals surface area contributed by atoms with Crippen LogP contribution >= 0.6 is 15.9 Å². The molecule has 0 saturated carbocycles. The summed E-state index contributed by atoms with van der Waals surface area (Å²) in [7, 11) is 1.53. The molecule has 0 radical (unpaired) electrons. The van der Waals surface area contributed by atoms with Gasteiger partial charge in [0.2, 0.25) is 0 Å². The first-order valence-electron chi connectivity index (χ1n) is 4.80. The lowest BCUT2D eigenvalue weighted by molar-refractivity contribution is 0.212. The molecule has 0 spiro atoms. The number of aryl methyl sites for hydroxylation is 1. The topological polar surface area (TPSA) is 21.6 Å². The van der Waals surface area contributed by atoms with Crippen LogP contribution in [0.4, 0.5) is 4.39 Å². The summed E-state index contributed by atoms with van der Waals surface area (Å²) in [5.74, 6) is -0.209. The van der Waals surface area contributed by atoms with Gasteiger partial charge in [-0.1, -0.05) is 5.16 Å². The maximum atomic E-state index is 13.2. The van der Waals surface area contributed by atoms with Crippen molar-refractivity contribution in [2.45, 2.75) is 19.3 Å². The molecule has 0 fully saturated rings. The van der Waals surface area contributed by atoms with E-state index >= 15 is 0 Å². The highest BCUT2D eigenvalue weighted by Gasteiger charge is 2.19. The van der Waals surface area contributed by atoms with Gasteiger partial charge in [0, 0.05) is 10.0 Å². The maximum absolute atomic E-state index is 13.2. The van der Waals surface area contributed by atoms with Crippen molar-refractivity contribution in [3.05, 3.63) is 33.5 Å². The van der Waals surface area contributed by atoms with Gasteiger partial charge in [-0.25, -0.2) is 4.39 Å². The quantitative estimate of drug-likeness (QED) is 0.719. The number of nitrogens with zero attached hydrogens (tertiary/aromatic N) is 1. The van der Waals surface area contributed by atoms with Crippen molar-refractivity contribution in [3.8, 4) is 0 Å². The van der Waals surface area contributed by atoms with E-state index in [1.807, 2.05) is 0 Å². The molecule has 0 amide bonds. The first kappa shape index (κ1) is 10.6. The van der Waals surface area contributed by atoms with Crippen molar-refractivity contribution in [2.24, 2.45) is 5.16 Å². The van der Waals surface area contributed by atoms with E-state index in [4.69, 9.17) is 4.84 Å². The second kappa shape index (κ2) is 4.31. The summed E-state index contributed by atoms with van der Waals surface area (Å²) < 4.78 is 13.9. The molecule has 1 aliphatic carbocycles. The third-order valence-electron chi connectivity index (χ3n) is 2.49. The van der Waals surface area contributed by atoms with E-state index in [-0.39, 0.29) is 5.82 Å². The number of benzene rings is 1. The molecule has 1 aromatic rings. The molecule has 80 valence electrons. The summed E-state index contributed by atoms with van der Waals surface area (Å²) in [6.07, 6.45) is 2.77. The Hall–Kier alpha value is -0.900. The van der Waals surface area contributed by atoms with Gasteiger partial charge in [-0.05, 0) is 52.9 Å². The van der Waals surface area contributed by atoms with Crippen LogP contribution in [0.15, 0.2) is 21.8 Å². The van der Waals surface area contributed by atoms with Gasteiger partial charge < -0.3 is 4.84 Å². The molecule has 0 saturated heterocycles. The second-order valence-electron chi connectivity index (χ2n) is 3.50. The molecule has 4 heteroatoms. The predicted octanol–water partition coefficient (Wildman–Crippen LogP) is 3.28. The highest BCUT2D eigenvalue weighted by atomic mass is 79.9. The standard InChI is InChI=1S/C11H11BrFNO/c1-15-14-10-4-2-3-7-5-8(13)6-9(12)11(7)10/h5-6H,2-4H2,1H3/b14-10+. The van der Waals surface area contributed by atoms with Crippen LogP contribution in [0.3, 0.4) is 0 Å². The number of halogens is 2. The Bertz CT molecular complexity index is 417. The third kappa shape index (κ3) is 2.04. The maximum Gasteiger partial charge on any atom is 0.124 e. The van der Waals surface area contributed by atoms with E-state index < -0.39 is 0 Å². The van der Waals surface area contributed by atoms with Gasteiger partial charge in [0.25, 0.3) is 0 Å². The number of rotatable bonds is 1. The van der Waals surface area contributed by atoms with Crippen LogP contribution in [0.2, 0.25) is 0 Å². The molecule has 0 atom stereocenters. The zero-order valence-corrected chi connectivity index (χ0v) is 9.97. The molecule has 1 aromatic carbocycles. The molecular formula is C11H11BrFNO. The monoisotopic (exact) mass is 271 g/mol. The molecule has 0 unspecified atom stereocenters. The minimum absolute atomic E-state index is 0.209. The molecule has 15 heavy (non-hydrogen) atoms. The lowest BCUT2D eigenvalue weighted by Gasteiger charge is -2.18. The zero-order chi connectivity index (χ0) is 10.8. The second-order valence-corrected chi connectivity index (χ2v) is 4.35. The van der Waals surface area contributed by atoms with E-state index in [9.17, 15) is 4.39 Å². The third-order valence-corrected chi connectivity index (χ3v) is 3.11. The first-order chi connectivity index (χ1) is 7.22. The SMILES string of the molecule is CO/N=C1\CCCc2cc(F)cc(Br)c21. The van der Waals surface area contributed by atoms with Gasteiger partial charge in [0.05, 0.1) is 5.71 Å². The average molecular weight is 272 g/mol. The number of hydrogen-bond donors (Lipinski definition) is 0. The molecular weight excluding hydrogens is 261 g/mol. The van der Waals surface area contributed by atoms with Crippen LogP contribution < -0.4 is 0 Å². The van der Waals surface area contributed by atoms with Crippen molar-refractivity contribution in [3.63, 3.8) is 0 Å². The zero-order valence-electron chi connectivity index (χ0n) is 8.39. The first-order valence-corrected chi connectivity index (χ1v) is 5.60. The molecule has 2 rings (SSSR count). The Morgan fingerprint density at radius 3 is 2.93 bits per heavy atom. The Kier molecular flexibility index (Phi) is 3.05. The Morgan fingerprint density at radius 1 is 1.40 bits per heavy atom. The van der Waals surface area contributed by atoms with Crippen LogP contribution in [-0.4, -0.2) is 12.8 Å². The minimum Gasteiger partial charge on any atom is -0.399 e. The van der Waals surface area contributed by atoms with Crippen molar-refractivity contribution < 1.29 is 9.23 Å². The summed E-state index contributed by atoms with van der Waals surface area (Å²) >= 11 is 3.37. The lowest BCUT2D eigenvalue weighted by atomic mass is 9.90. The minimum atomic E-state index is -0.209. The van der Waals surface area contributed by atoms with Crippen molar-refractivity contribution in [1.82, 2.24) is 0 Å². The summed E-state index contributed by atoms with van der Waals surface area (Å²) in [5.41, 5.74) is 2.89. The van der Waals surface area contributed by atoms with E-state index in [1.54, 1.807) is 6.07 Å². The molecule has 0 N–H and O–H groups in total. The fraction of sp³-hybridized carbons (Fsp3) is 0.364. The Morgan fingerprint density at radius 2 is 2.20 bits per heavy atom. The number of fused-ring (bicyclic) bond motifs is 1. The number of oxime groups is 1. The molecule has 0 aliphatic heterocycles. The smallest absolute Gasteiger partial charge is 0.124 e. The van der Waals surface area contributed by atoms with E-state index in [1.165, 1.54) is 13.2 Å². The van der Waals surface area contributed by atoms with Crippen LogP contribution in [0.5, 0.6) is 0 Å². The summed E-state index contributed by atoms with van der Waals surface area (Å²) in [5, 5.41) is 3.98. The number of hydrogen-bond acceptors (Lipinski definition) is 2. The highest BCUT2D eigenvalue weighted by Crippen LogP contribution is 2.29. The van der Waals surface area contributed by atoms with Crippen LogP contribution in [-0.2, 0) is 11.3 Å². The lowest BCUT2D eigenvalue weighted by Crippen LogP contribution is -2.13. The summed E-state index contributed by atoms with van der Waals surface area (Å²) in [6.45, 7) is 0. The van der Waals surface area contributed by atoms with Crippen LogP contribution in [0, 0.1) is 5.82 Å². The van der Waals surface area contributed by atoms with Gasteiger partial charge in [-0.2, -0.15) is 0 Å². The summed E-state index contributed by atoms with van der Waals surface area (Å²) in [6, 6.07) is 3.04. The molecule has 0 aromatic heterocycles. The molecule has 2 nitrogen and oxygen atoms in total. The van der Waals surface area contributed by atoms with Crippen molar-refractivity contribution in [2.75, 3.05) is 7.11 Å². The van der Waals surface area contributed by atoms with Gasteiger partial charge in [0.15, 0.2) is 0 Å². The van der Waals surface area contributed by atoms with E-state index in [0.717, 1.165) is 40.6 Å². The largest absolute Gasteiger partial charge is 0.399 e. The molecule has 0 heterocycles. The summed E-state index contributed by atoms with van der Waals surface area (Å²) in [4.78, 5) is 4.80. The van der Waals surface area contributed by atoms with Crippen LogP contribution in [0.25, 0.3) is 0 Å². The van der Waals surface area contributed by atoms with E-state index in [2.05, 4.69) is 21.1 Å². The Balaban J connectivity index is 2.56. The molecule has 0 bridgehead atoms. The molecule has 1 aliphatic rings. The van der Waals surface area contributed by atoms with Crippen molar-refractivity contribution >= 4 is 21.6 Å². The fourth-order valence-corrected chi connectivity index (χ4v) is 2.62.